The van der Waals surface area contributed by atoms with Gasteiger partial charge in [-0.3, -0.25) is 9.52 Å². The first-order chi connectivity index (χ1) is 12.1. The maximum Gasteiger partial charge on any atom is 0.261 e. The fourth-order valence-corrected chi connectivity index (χ4v) is 3.40. The van der Waals surface area contributed by atoms with Gasteiger partial charge >= 0.3 is 0 Å². The molecule has 140 valence electrons. The Labute approximate surface area is 159 Å². The largest absolute Gasteiger partial charge is 0.349 e. The Bertz CT molecular complexity index is 894. The van der Waals surface area contributed by atoms with Crippen LogP contribution in [0.25, 0.3) is 0 Å². The Morgan fingerprint density at radius 3 is 2.23 bits per heavy atom. The fourth-order valence-electron chi connectivity index (χ4n) is 2.15. The molecular formula is C19H23ClN2O3S. The summed E-state index contributed by atoms with van der Waals surface area (Å²) < 4.78 is 27.5. The van der Waals surface area contributed by atoms with E-state index < -0.39 is 10.0 Å². The van der Waals surface area contributed by atoms with Crippen molar-refractivity contribution in [2.45, 2.75) is 38.6 Å². The number of benzene rings is 2. The van der Waals surface area contributed by atoms with Crippen molar-refractivity contribution in [2.24, 2.45) is 5.92 Å². The lowest BCUT2D eigenvalue weighted by atomic mass is 10.1. The van der Waals surface area contributed by atoms with E-state index >= 15 is 0 Å². The second kappa shape index (κ2) is 8.10. The summed E-state index contributed by atoms with van der Waals surface area (Å²) in [5.74, 6) is -0.0754. The third-order valence-corrected chi connectivity index (χ3v) is 5.88. The summed E-state index contributed by atoms with van der Waals surface area (Å²) in [4.78, 5) is 12.6. The van der Waals surface area contributed by atoms with Gasteiger partial charge in [-0.1, -0.05) is 43.1 Å². The topological polar surface area (TPSA) is 75.3 Å². The molecule has 0 aromatic heterocycles. The summed E-state index contributed by atoms with van der Waals surface area (Å²) in [5, 5.41) is 3.12. The lowest BCUT2D eigenvalue weighted by molar-refractivity contribution is 0.0930. The molecule has 2 aromatic rings. The van der Waals surface area contributed by atoms with Crippen molar-refractivity contribution >= 4 is 33.2 Å². The number of anilines is 1. The van der Waals surface area contributed by atoms with Crippen LogP contribution in [0.15, 0.2) is 47.4 Å². The minimum atomic E-state index is -3.75. The lowest BCUT2D eigenvalue weighted by Crippen LogP contribution is -2.36. The van der Waals surface area contributed by atoms with Crippen molar-refractivity contribution in [1.82, 2.24) is 5.32 Å². The van der Waals surface area contributed by atoms with Crippen LogP contribution in [-0.2, 0) is 10.0 Å². The van der Waals surface area contributed by atoms with Crippen molar-refractivity contribution in [2.75, 3.05) is 4.72 Å². The van der Waals surface area contributed by atoms with E-state index in [4.69, 9.17) is 11.6 Å². The fraction of sp³-hybridized carbons (Fsp3) is 0.316. The SMILES string of the molecule is Cc1ccc(S(=O)(=O)Nc2ccc(Cl)c(C(=O)N[C@@H](C)C(C)C)c2)cc1. The van der Waals surface area contributed by atoms with Gasteiger partial charge in [0.1, 0.15) is 0 Å². The van der Waals surface area contributed by atoms with Gasteiger partial charge in [0, 0.05) is 11.7 Å². The minimum absolute atomic E-state index is 0.0357. The number of sulfonamides is 1. The number of nitrogens with one attached hydrogen (secondary N) is 2. The van der Waals surface area contributed by atoms with Gasteiger partial charge < -0.3 is 5.32 Å². The number of hydrogen-bond acceptors (Lipinski definition) is 3. The van der Waals surface area contributed by atoms with Crippen LogP contribution >= 0.6 is 11.6 Å². The first kappa shape index (κ1) is 20.3. The van der Waals surface area contributed by atoms with Crippen LogP contribution in [0.3, 0.4) is 0 Å². The highest BCUT2D eigenvalue weighted by molar-refractivity contribution is 7.92. The number of halogens is 1. The highest BCUT2D eigenvalue weighted by Crippen LogP contribution is 2.23. The molecule has 0 saturated carbocycles. The molecule has 0 saturated heterocycles. The third-order valence-electron chi connectivity index (χ3n) is 4.15. The summed E-state index contributed by atoms with van der Waals surface area (Å²) in [6.45, 7) is 7.78. The first-order valence-corrected chi connectivity index (χ1v) is 10.2. The molecule has 0 aliphatic heterocycles. The van der Waals surface area contributed by atoms with E-state index in [0.29, 0.717) is 0 Å². The Morgan fingerprint density at radius 2 is 1.65 bits per heavy atom. The molecule has 0 aliphatic rings. The Balaban J connectivity index is 2.26. The average molecular weight is 395 g/mol. The zero-order chi connectivity index (χ0) is 19.5. The lowest BCUT2D eigenvalue weighted by Gasteiger charge is -2.18. The van der Waals surface area contributed by atoms with Crippen LogP contribution in [-0.4, -0.2) is 20.4 Å². The maximum atomic E-state index is 12.5. The molecule has 0 heterocycles. The molecule has 0 spiro atoms. The van der Waals surface area contributed by atoms with Crippen LogP contribution < -0.4 is 10.0 Å². The second-order valence-electron chi connectivity index (χ2n) is 6.62. The molecule has 0 bridgehead atoms. The summed E-state index contributed by atoms with van der Waals surface area (Å²) in [6.07, 6.45) is 0. The number of hydrogen-bond donors (Lipinski definition) is 2. The smallest absolute Gasteiger partial charge is 0.261 e. The molecule has 1 amide bonds. The maximum absolute atomic E-state index is 12.5. The van der Waals surface area contributed by atoms with Crippen molar-refractivity contribution in [1.29, 1.82) is 0 Å². The van der Waals surface area contributed by atoms with E-state index in [1.165, 1.54) is 30.3 Å². The van der Waals surface area contributed by atoms with Crippen LogP contribution in [0.1, 0.15) is 36.7 Å². The highest BCUT2D eigenvalue weighted by Gasteiger charge is 2.18. The number of aryl methyl sites for hydroxylation is 1. The van der Waals surface area contributed by atoms with Crippen LogP contribution in [0.5, 0.6) is 0 Å². The Kier molecular flexibility index (Phi) is 6.31. The van der Waals surface area contributed by atoms with Gasteiger partial charge in [0.05, 0.1) is 15.5 Å². The zero-order valence-electron chi connectivity index (χ0n) is 15.2. The van der Waals surface area contributed by atoms with Crippen LogP contribution in [0.4, 0.5) is 5.69 Å². The minimum Gasteiger partial charge on any atom is -0.349 e. The van der Waals surface area contributed by atoms with Gasteiger partial charge in [-0.25, -0.2) is 8.42 Å². The van der Waals surface area contributed by atoms with Gasteiger partial charge in [-0.2, -0.15) is 0 Å². The van der Waals surface area contributed by atoms with Gasteiger partial charge in [-0.05, 0) is 50.1 Å². The summed E-state index contributed by atoms with van der Waals surface area (Å²) >= 11 is 6.12. The predicted octanol–water partition coefficient (Wildman–Crippen LogP) is 4.22. The van der Waals surface area contributed by atoms with Crippen LogP contribution in [0, 0.1) is 12.8 Å². The highest BCUT2D eigenvalue weighted by atomic mass is 35.5. The summed E-state index contributed by atoms with van der Waals surface area (Å²) in [6, 6.07) is 10.9. The molecule has 2 N–H and O–H groups in total. The zero-order valence-corrected chi connectivity index (χ0v) is 16.8. The molecule has 0 fully saturated rings. The number of amides is 1. The molecule has 0 radical (unpaired) electrons. The van der Waals surface area contributed by atoms with E-state index in [9.17, 15) is 13.2 Å². The molecule has 26 heavy (non-hydrogen) atoms. The third kappa shape index (κ3) is 4.99. The molecule has 0 unspecified atom stereocenters. The van der Waals surface area contributed by atoms with Crippen molar-refractivity contribution < 1.29 is 13.2 Å². The number of carbonyl (C=O) groups is 1. The van der Waals surface area contributed by atoms with E-state index in [-0.39, 0.29) is 39.0 Å². The predicted molar refractivity (Wildman–Crippen MR) is 105 cm³/mol. The van der Waals surface area contributed by atoms with E-state index in [0.717, 1.165) is 5.56 Å². The van der Waals surface area contributed by atoms with Crippen molar-refractivity contribution in [3.8, 4) is 0 Å². The van der Waals surface area contributed by atoms with E-state index in [2.05, 4.69) is 10.0 Å². The normalized spacial score (nSPS) is 12.7. The van der Waals surface area contributed by atoms with Gasteiger partial charge in [0.2, 0.25) is 0 Å². The quantitative estimate of drug-likeness (QED) is 0.770. The monoisotopic (exact) mass is 394 g/mol. The second-order valence-corrected chi connectivity index (χ2v) is 8.71. The van der Waals surface area contributed by atoms with Gasteiger partial charge in [0.25, 0.3) is 15.9 Å². The standard InChI is InChI=1S/C19H23ClN2O3S/c1-12(2)14(4)21-19(23)17-11-15(7-10-18(17)20)22-26(24,25)16-8-5-13(3)6-9-16/h5-12,14,22H,1-4H3,(H,21,23)/t14-/m0/s1. The molecule has 0 aliphatic carbocycles. The van der Waals surface area contributed by atoms with Crippen LogP contribution in [0.2, 0.25) is 5.02 Å². The van der Waals surface area contributed by atoms with E-state index in [1.54, 1.807) is 12.1 Å². The first-order valence-electron chi connectivity index (χ1n) is 8.30. The van der Waals surface area contributed by atoms with Crippen molar-refractivity contribution in [3.05, 3.63) is 58.6 Å². The average Bonchev–Trinajstić information content (AvgIpc) is 2.56. The molecule has 7 heteroatoms. The molecule has 1 atom stereocenters. The summed E-state index contributed by atoms with van der Waals surface area (Å²) in [5.41, 5.74) is 1.47. The Morgan fingerprint density at radius 1 is 1.04 bits per heavy atom. The number of carbonyl (C=O) groups excluding carboxylic acids is 1. The summed E-state index contributed by atoms with van der Waals surface area (Å²) in [7, 11) is -3.75. The molecular weight excluding hydrogens is 372 g/mol. The van der Waals surface area contributed by atoms with Gasteiger partial charge in [-0.15, -0.1) is 0 Å². The van der Waals surface area contributed by atoms with Gasteiger partial charge in [0.15, 0.2) is 0 Å². The Hall–Kier alpha value is -2.05. The molecule has 2 aromatic carbocycles. The molecule has 5 nitrogen and oxygen atoms in total. The molecule has 2 rings (SSSR count). The number of rotatable bonds is 6. The van der Waals surface area contributed by atoms with Crippen molar-refractivity contribution in [3.63, 3.8) is 0 Å². The van der Waals surface area contributed by atoms with E-state index in [1.807, 2.05) is 27.7 Å².